The number of pyridine rings is 1. The molecule has 0 spiro atoms. The molecule has 0 bridgehead atoms. The van der Waals surface area contributed by atoms with Crippen LogP contribution in [0.15, 0.2) is 42.7 Å². The van der Waals surface area contributed by atoms with Gasteiger partial charge in [0.15, 0.2) is 0 Å². The van der Waals surface area contributed by atoms with Crippen molar-refractivity contribution >= 4 is 5.91 Å². The summed E-state index contributed by atoms with van der Waals surface area (Å²) in [4.78, 5) is 18.9. The molecule has 0 aliphatic carbocycles. The lowest BCUT2D eigenvalue weighted by Crippen LogP contribution is -2.38. The van der Waals surface area contributed by atoms with Crippen LogP contribution in [0, 0.1) is 5.92 Å². The van der Waals surface area contributed by atoms with Gasteiger partial charge in [0.2, 0.25) is 0 Å². The zero-order valence-electron chi connectivity index (χ0n) is 16.1. The normalized spacial score (nSPS) is 20.1. The smallest absolute Gasteiger partial charge is 0.252 e. The van der Waals surface area contributed by atoms with E-state index in [1.165, 1.54) is 17.5 Å². The van der Waals surface area contributed by atoms with Crippen molar-refractivity contribution in [3.63, 3.8) is 0 Å². The molecule has 4 rings (SSSR count). The molecule has 2 atom stereocenters. The topological polar surface area (TPSA) is 77.5 Å². The number of amides is 1. The molecule has 2 aliphatic heterocycles. The van der Waals surface area contributed by atoms with Gasteiger partial charge in [0, 0.05) is 38.6 Å². The quantitative estimate of drug-likeness (QED) is 0.676. The van der Waals surface area contributed by atoms with Gasteiger partial charge in [-0.3, -0.25) is 14.7 Å². The number of carbonyl (C=O) groups is 1. The first-order chi connectivity index (χ1) is 13.7. The summed E-state index contributed by atoms with van der Waals surface area (Å²) in [6, 6.07) is 10.3. The maximum absolute atomic E-state index is 12.5. The molecule has 1 saturated heterocycles. The van der Waals surface area contributed by atoms with Crippen LogP contribution in [0.25, 0.3) is 0 Å². The molecule has 1 aromatic carbocycles. The summed E-state index contributed by atoms with van der Waals surface area (Å²) in [6.07, 6.45) is 4.95. The summed E-state index contributed by atoms with van der Waals surface area (Å²) < 4.78 is 0. The van der Waals surface area contributed by atoms with Gasteiger partial charge in [0.1, 0.15) is 0 Å². The molecule has 3 N–H and O–H groups in total. The summed E-state index contributed by atoms with van der Waals surface area (Å²) in [5.74, 6) is 0.439. The van der Waals surface area contributed by atoms with Crippen LogP contribution in [0.1, 0.15) is 33.5 Å². The van der Waals surface area contributed by atoms with Crippen LogP contribution < -0.4 is 10.6 Å². The van der Waals surface area contributed by atoms with Crippen LogP contribution in [-0.4, -0.2) is 53.2 Å². The highest BCUT2D eigenvalue weighted by Gasteiger charge is 2.21. The van der Waals surface area contributed by atoms with E-state index < -0.39 is 6.10 Å². The average molecular weight is 380 g/mol. The molecular formula is C22H28N4O2. The number of hydrogen-bond donors (Lipinski definition) is 3. The molecule has 148 valence electrons. The van der Waals surface area contributed by atoms with Gasteiger partial charge in [0.25, 0.3) is 5.91 Å². The zero-order chi connectivity index (χ0) is 19.3. The Morgan fingerprint density at radius 3 is 2.79 bits per heavy atom. The van der Waals surface area contributed by atoms with E-state index in [-0.39, 0.29) is 12.5 Å². The van der Waals surface area contributed by atoms with Crippen molar-refractivity contribution in [1.82, 2.24) is 20.5 Å². The highest BCUT2D eigenvalue weighted by atomic mass is 16.3. The third-order valence-corrected chi connectivity index (χ3v) is 5.62. The molecule has 0 saturated carbocycles. The second kappa shape index (κ2) is 8.82. The number of β-amino-alcohol motifs (C(OH)–C–C–N with tert-alkyl or cyclic N) is 1. The van der Waals surface area contributed by atoms with Crippen LogP contribution in [0.2, 0.25) is 0 Å². The molecule has 6 nitrogen and oxygen atoms in total. The molecule has 2 aromatic rings. The molecule has 1 amide bonds. The van der Waals surface area contributed by atoms with Crippen molar-refractivity contribution < 1.29 is 9.90 Å². The Hall–Kier alpha value is -2.28. The van der Waals surface area contributed by atoms with Gasteiger partial charge in [-0.2, -0.15) is 0 Å². The highest BCUT2D eigenvalue weighted by molar-refractivity contribution is 5.94. The fourth-order valence-corrected chi connectivity index (χ4v) is 4.15. The third kappa shape index (κ3) is 4.76. The number of aliphatic hydroxyl groups excluding tert-OH is 1. The van der Waals surface area contributed by atoms with Gasteiger partial charge in [-0.05, 0) is 54.6 Å². The average Bonchev–Trinajstić information content (AvgIpc) is 3.35. The Bertz CT molecular complexity index is 795. The lowest BCUT2D eigenvalue weighted by molar-refractivity contribution is 0.0855. The predicted molar refractivity (Wildman–Crippen MR) is 108 cm³/mol. The number of benzene rings is 1. The second-order valence-corrected chi connectivity index (χ2v) is 7.95. The summed E-state index contributed by atoms with van der Waals surface area (Å²) in [5, 5.41) is 16.6. The molecule has 1 aromatic heterocycles. The van der Waals surface area contributed by atoms with Crippen LogP contribution in [0.4, 0.5) is 0 Å². The van der Waals surface area contributed by atoms with E-state index in [1.807, 2.05) is 24.4 Å². The third-order valence-electron chi connectivity index (χ3n) is 5.62. The van der Waals surface area contributed by atoms with Crippen LogP contribution in [-0.2, 0) is 19.5 Å². The fraction of sp³-hybridized carbons (Fsp3) is 0.455. The van der Waals surface area contributed by atoms with E-state index in [0.717, 1.165) is 38.2 Å². The minimum atomic E-state index is -0.598. The van der Waals surface area contributed by atoms with Gasteiger partial charge in [0.05, 0.1) is 11.7 Å². The van der Waals surface area contributed by atoms with E-state index in [9.17, 15) is 9.90 Å². The van der Waals surface area contributed by atoms with E-state index in [2.05, 4.69) is 32.7 Å². The van der Waals surface area contributed by atoms with Gasteiger partial charge in [-0.1, -0.05) is 24.3 Å². The molecule has 1 unspecified atom stereocenters. The maximum atomic E-state index is 12.5. The van der Waals surface area contributed by atoms with E-state index in [4.69, 9.17) is 0 Å². The van der Waals surface area contributed by atoms with Crippen LogP contribution in [0.5, 0.6) is 0 Å². The number of nitrogens with one attached hydrogen (secondary N) is 2. The Labute approximate surface area is 166 Å². The molecule has 2 aliphatic rings. The van der Waals surface area contributed by atoms with Crippen molar-refractivity contribution in [3.05, 3.63) is 65.0 Å². The number of rotatable bonds is 7. The molecule has 3 heterocycles. The number of aliphatic hydroxyl groups is 1. The van der Waals surface area contributed by atoms with Gasteiger partial charge in [-0.25, -0.2) is 0 Å². The number of fused-ring (bicyclic) bond motifs is 1. The Balaban J connectivity index is 1.25. The first-order valence-corrected chi connectivity index (χ1v) is 10.1. The predicted octanol–water partition coefficient (Wildman–Crippen LogP) is 1.34. The van der Waals surface area contributed by atoms with Crippen molar-refractivity contribution in [3.8, 4) is 0 Å². The molecule has 28 heavy (non-hydrogen) atoms. The standard InChI is InChI=1S/C22H28N4O2/c27-21(15-26-13-18-3-1-2-4-19(18)14-26)12-25-22(28)20-8-17(10-24-11-20)7-16-5-6-23-9-16/h1-4,8,10-11,16,21,23,27H,5-7,9,12-15H2,(H,25,28)/t16?,21-/m0/s1. The highest BCUT2D eigenvalue weighted by Crippen LogP contribution is 2.22. The number of hydrogen-bond acceptors (Lipinski definition) is 5. The number of carbonyl (C=O) groups excluding carboxylic acids is 1. The lowest BCUT2D eigenvalue weighted by atomic mass is 9.99. The first kappa shape index (κ1) is 19.1. The number of nitrogens with zero attached hydrogens (tertiary/aromatic N) is 2. The Morgan fingerprint density at radius 1 is 1.29 bits per heavy atom. The van der Waals surface area contributed by atoms with Gasteiger partial charge >= 0.3 is 0 Å². The monoisotopic (exact) mass is 380 g/mol. The summed E-state index contributed by atoms with van der Waals surface area (Å²) >= 11 is 0. The van der Waals surface area contributed by atoms with Crippen molar-refractivity contribution in [2.24, 2.45) is 5.92 Å². The lowest BCUT2D eigenvalue weighted by Gasteiger charge is -2.19. The van der Waals surface area contributed by atoms with Crippen molar-refractivity contribution in [1.29, 1.82) is 0 Å². The minimum Gasteiger partial charge on any atom is -0.390 e. The van der Waals surface area contributed by atoms with Gasteiger partial charge < -0.3 is 15.7 Å². The summed E-state index contributed by atoms with van der Waals surface area (Å²) in [7, 11) is 0. The second-order valence-electron chi connectivity index (χ2n) is 7.95. The molecule has 6 heteroatoms. The van der Waals surface area contributed by atoms with Gasteiger partial charge in [-0.15, -0.1) is 0 Å². The van der Waals surface area contributed by atoms with E-state index >= 15 is 0 Å². The first-order valence-electron chi connectivity index (χ1n) is 10.1. The van der Waals surface area contributed by atoms with Crippen LogP contribution in [0.3, 0.4) is 0 Å². The number of aromatic nitrogens is 1. The SMILES string of the molecule is O=C(NC[C@H](O)CN1Cc2ccccc2C1)c1cncc(CC2CCNC2)c1. The molecule has 0 radical (unpaired) electrons. The Kier molecular flexibility index (Phi) is 6.00. The van der Waals surface area contributed by atoms with E-state index in [1.54, 1.807) is 6.20 Å². The van der Waals surface area contributed by atoms with Crippen molar-refractivity contribution in [2.75, 3.05) is 26.2 Å². The van der Waals surface area contributed by atoms with E-state index in [0.29, 0.717) is 18.0 Å². The fourth-order valence-electron chi connectivity index (χ4n) is 4.15. The zero-order valence-corrected chi connectivity index (χ0v) is 16.1. The minimum absolute atomic E-state index is 0.178. The van der Waals surface area contributed by atoms with Crippen LogP contribution >= 0.6 is 0 Å². The molecule has 1 fully saturated rings. The summed E-state index contributed by atoms with van der Waals surface area (Å²) in [6.45, 7) is 4.58. The van der Waals surface area contributed by atoms with Crippen molar-refractivity contribution in [2.45, 2.75) is 32.0 Å². The maximum Gasteiger partial charge on any atom is 0.252 e. The summed E-state index contributed by atoms with van der Waals surface area (Å²) in [5.41, 5.74) is 4.29. The molecular weight excluding hydrogens is 352 g/mol. The Morgan fingerprint density at radius 2 is 2.07 bits per heavy atom. The largest absolute Gasteiger partial charge is 0.390 e.